The van der Waals surface area contributed by atoms with Crippen molar-refractivity contribution in [3.63, 3.8) is 0 Å². The number of benzene rings is 2. The van der Waals surface area contributed by atoms with Crippen LogP contribution in [0.5, 0.6) is 5.75 Å². The number of carbonyl (C=O) groups is 2. The summed E-state index contributed by atoms with van der Waals surface area (Å²) in [6, 6.07) is 15.2. The van der Waals surface area contributed by atoms with Crippen molar-refractivity contribution in [1.29, 1.82) is 0 Å². The van der Waals surface area contributed by atoms with Gasteiger partial charge in [0.2, 0.25) is 5.91 Å². The number of para-hydroxylation sites is 2. The Labute approximate surface area is 192 Å². The number of amides is 1. The number of hydrogen-bond donors (Lipinski definition) is 2. The van der Waals surface area contributed by atoms with Gasteiger partial charge in [-0.3, -0.25) is 9.59 Å². The fourth-order valence-corrected chi connectivity index (χ4v) is 3.97. The number of esters is 1. The van der Waals surface area contributed by atoms with Gasteiger partial charge in [0.1, 0.15) is 5.75 Å². The Morgan fingerprint density at radius 3 is 2.78 bits per heavy atom. The van der Waals surface area contributed by atoms with Gasteiger partial charge in [-0.25, -0.2) is 4.99 Å². The molecule has 0 radical (unpaired) electrons. The highest BCUT2D eigenvalue weighted by Gasteiger charge is 2.19. The highest BCUT2D eigenvalue weighted by molar-refractivity contribution is 8.15. The van der Waals surface area contributed by atoms with Gasteiger partial charge in [0, 0.05) is 12.2 Å². The van der Waals surface area contributed by atoms with Gasteiger partial charge < -0.3 is 20.1 Å². The average Bonchev–Trinajstić information content (AvgIpc) is 2.95. The first-order valence-corrected chi connectivity index (χ1v) is 11.2. The molecule has 1 amide bonds. The lowest BCUT2D eigenvalue weighted by Crippen LogP contribution is -2.31. The zero-order chi connectivity index (χ0) is 22.9. The minimum absolute atomic E-state index is 0.0954. The van der Waals surface area contributed by atoms with Gasteiger partial charge in [-0.15, -0.1) is 0 Å². The standard InChI is InChI=1S/C24H27N3O4S/c1-4-31-23(28)14-18-13-22(27-21-11-6-5-10-20(21)26-18)32-16(2)24(29)25-15-17-8-7-9-19(12-17)30-3/h5-13,16,26H,4,14-15H2,1-3H3,(H,25,29)/t16-/m1/s1. The first-order chi connectivity index (χ1) is 15.5. The SMILES string of the molecule is CCOC(=O)CC1=CC(S[C@H](C)C(=O)NCc2cccc(OC)c2)=Nc2ccccc2N1. The zero-order valence-electron chi connectivity index (χ0n) is 18.4. The number of fused-ring (bicyclic) bond motifs is 1. The topological polar surface area (TPSA) is 89.0 Å². The summed E-state index contributed by atoms with van der Waals surface area (Å²) in [4.78, 5) is 29.4. The molecule has 0 bridgehead atoms. The molecule has 1 heterocycles. The van der Waals surface area contributed by atoms with E-state index < -0.39 is 0 Å². The van der Waals surface area contributed by atoms with Crippen LogP contribution in [0, 0.1) is 0 Å². The summed E-state index contributed by atoms with van der Waals surface area (Å²) < 4.78 is 10.3. The van der Waals surface area contributed by atoms with Gasteiger partial charge in [0.05, 0.1) is 41.8 Å². The smallest absolute Gasteiger partial charge is 0.311 e. The number of carbonyl (C=O) groups excluding carboxylic acids is 2. The Balaban J connectivity index is 1.70. The van der Waals surface area contributed by atoms with Crippen molar-refractivity contribution in [2.24, 2.45) is 4.99 Å². The van der Waals surface area contributed by atoms with Crippen LogP contribution in [-0.4, -0.2) is 35.9 Å². The van der Waals surface area contributed by atoms with Crippen LogP contribution in [0.2, 0.25) is 0 Å². The molecular formula is C24H27N3O4S. The molecule has 0 unspecified atom stereocenters. The summed E-state index contributed by atoms with van der Waals surface area (Å²) in [5, 5.41) is 6.47. The summed E-state index contributed by atoms with van der Waals surface area (Å²) in [5.41, 5.74) is 3.17. The van der Waals surface area contributed by atoms with Crippen molar-refractivity contribution in [2.75, 3.05) is 19.0 Å². The number of nitrogens with one attached hydrogen (secondary N) is 2. The van der Waals surface area contributed by atoms with E-state index in [-0.39, 0.29) is 23.5 Å². The lowest BCUT2D eigenvalue weighted by Gasteiger charge is -2.13. The van der Waals surface area contributed by atoms with Crippen molar-refractivity contribution in [3.05, 3.63) is 65.9 Å². The van der Waals surface area contributed by atoms with E-state index in [1.807, 2.05) is 55.5 Å². The molecule has 2 aromatic carbocycles. The molecule has 0 saturated heterocycles. The summed E-state index contributed by atoms with van der Waals surface area (Å²) >= 11 is 1.34. The molecule has 2 aromatic rings. The predicted octanol–water partition coefficient (Wildman–Crippen LogP) is 4.43. The number of ether oxygens (including phenoxy) is 2. The predicted molar refractivity (Wildman–Crippen MR) is 128 cm³/mol. The summed E-state index contributed by atoms with van der Waals surface area (Å²) in [6.07, 6.45) is 1.89. The van der Waals surface area contributed by atoms with Gasteiger partial charge in [0.15, 0.2) is 0 Å². The van der Waals surface area contributed by atoms with Gasteiger partial charge >= 0.3 is 5.97 Å². The molecule has 2 N–H and O–H groups in total. The number of aliphatic imine (C=N–C) groups is 1. The van der Waals surface area contributed by atoms with E-state index in [0.717, 1.165) is 22.7 Å². The van der Waals surface area contributed by atoms with Gasteiger partial charge in [-0.1, -0.05) is 36.0 Å². The quantitative estimate of drug-likeness (QED) is 0.575. The molecule has 0 spiro atoms. The maximum Gasteiger partial charge on any atom is 0.311 e. The number of nitrogens with zero attached hydrogens (tertiary/aromatic N) is 1. The number of rotatable bonds is 8. The van der Waals surface area contributed by atoms with E-state index in [9.17, 15) is 9.59 Å². The molecule has 8 heteroatoms. The Kier molecular flexibility index (Phi) is 8.33. The van der Waals surface area contributed by atoms with Crippen LogP contribution in [0.4, 0.5) is 11.4 Å². The van der Waals surface area contributed by atoms with E-state index in [1.165, 1.54) is 11.8 Å². The normalized spacial score (nSPS) is 13.5. The monoisotopic (exact) mass is 453 g/mol. The first kappa shape index (κ1) is 23.4. The maximum absolute atomic E-state index is 12.7. The van der Waals surface area contributed by atoms with Crippen molar-refractivity contribution >= 4 is 40.1 Å². The highest BCUT2D eigenvalue weighted by atomic mass is 32.2. The number of thioether (sulfide) groups is 1. The third-order valence-electron chi connectivity index (χ3n) is 4.64. The second kappa shape index (κ2) is 11.4. The van der Waals surface area contributed by atoms with Crippen molar-refractivity contribution in [1.82, 2.24) is 5.32 Å². The van der Waals surface area contributed by atoms with Gasteiger partial charge in [-0.05, 0) is 49.8 Å². The van der Waals surface area contributed by atoms with E-state index in [1.54, 1.807) is 20.1 Å². The van der Waals surface area contributed by atoms with Crippen LogP contribution in [0.3, 0.4) is 0 Å². The van der Waals surface area contributed by atoms with Crippen LogP contribution >= 0.6 is 11.8 Å². The Bertz CT molecular complexity index is 1040. The van der Waals surface area contributed by atoms with Crippen LogP contribution in [0.15, 0.2) is 65.3 Å². The van der Waals surface area contributed by atoms with Gasteiger partial charge in [0.25, 0.3) is 0 Å². The molecule has 1 aliphatic heterocycles. The Morgan fingerprint density at radius 1 is 1.19 bits per heavy atom. The Morgan fingerprint density at radius 2 is 2.00 bits per heavy atom. The van der Waals surface area contributed by atoms with Crippen molar-refractivity contribution in [3.8, 4) is 5.75 Å². The van der Waals surface area contributed by atoms with E-state index in [2.05, 4.69) is 10.6 Å². The molecule has 1 aliphatic rings. The molecule has 1 atom stereocenters. The van der Waals surface area contributed by atoms with Crippen LogP contribution in [0.25, 0.3) is 0 Å². The maximum atomic E-state index is 12.7. The number of hydrogen-bond acceptors (Lipinski definition) is 7. The van der Waals surface area contributed by atoms with E-state index >= 15 is 0 Å². The molecule has 0 fully saturated rings. The fraction of sp³-hybridized carbons (Fsp3) is 0.292. The lowest BCUT2D eigenvalue weighted by molar-refractivity contribution is -0.142. The number of methoxy groups -OCH3 is 1. The van der Waals surface area contributed by atoms with Gasteiger partial charge in [-0.2, -0.15) is 0 Å². The van der Waals surface area contributed by atoms with Crippen molar-refractivity contribution < 1.29 is 19.1 Å². The second-order valence-corrected chi connectivity index (χ2v) is 8.43. The van der Waals surface area contributed by atoms with Crippen LogP contribution in [0.1, 0.15) is 25.8 Å². The minimum atomic E-state index is -0.385. The van der Waals surface area contributed by atoms with Crippen LogP contribution < -0.4 is 15.4 Å². The summed E-state index contributed by atoms with van der Waals surface area (Å²) in [6.45, 7) is 4.33. The summed E-state index contributed by atoms with van der Waals surface area (Å²) in [7, 11) is 1.61. The Hall–Kier alpha value is -3.26. The molecular weight excluding hydrogens is 426 g/mol. The van der Waals surface area contributed by atoms with Crippen LogP contribution in [-0.2, 0) is 20.9 Å². The zero-order valence-corrected chi connectivity index (χ0v) is 19.2. The summed E-state index contributed by atoms with van der Waals surface area (Å²) in [5.74, 6) is 0.322. The molecule has 0 saturated carbocycles. The highest BCUT2D eigenvalue weighted by Crippen LogP contribution is 2.32. The molecule has 0 aliphatic carbocycles. The molecule has 168 valence electrons. The molecule has 7 nitrogen and oxygen atoms in total. The van der Waals surface area contributed by atoms with E-state index in [4.69, 9.17) is 14.5 Å². The van der Waals surface area contributed by atoms with E-state index in [0.29, 0.717) is 23.9 Å². The average molecular weight is 454 g/mol. The molecule has 3 rings (SSSR count). The number of anilines is 1. The minimum Gasteiger partial charge on any atom is -0.497 e. The fourth-order valence-electron chi connectivity index (χ4n) is 3.06. The second-order valence-electron chi connectivity index (χ2n) is 7.07. The largest absolute Gasteiger partial charge is 0.497 e. The van der Waals surface area contributed by atoms with Crippen molar-refractivity contribution in [2.45, 2.75) is 32.1 Å². The third-order valence-corrected chi connectivity index (χ3v) is 5.65. The molecule has 0 aromatic heterocycles. The lowest BCUT2D eigenvalue weighted by atomic mass is 10.2. The molecule has 32 heavy (non-hydrogen) atoms. The third kappa shape index (κ3) is 6.62. The first-order valence-electron chi connectivity index (χ1n) is 10.4.